The van der Waals surface area contributed by atoms with Gasteiger partial charge in [-0.15, -0.1) is 0 Å². The Kier molecular flexibility index (Phi) is 5.99. The monoisotopic (exact) mass is 376 g/mol. The van der Waals surface area contributed by atoms with Gasteiger partial charge in [0.25, 0.3) is 5.88 Å². The van der Waals surface area contributed by atoms with Crippen LogP contribution in [0.2, 0.25) is 0 Å². The van der Waals surface area contributed by atoms with Crippen LogP contribution in [0.4, 0.5) is 11.4 Å². The third-order valence-corrected chi connectivity index (χ3v) is 4.19. The van der Waals surface area contributed by atoms with Crippen molar-refractivity contribution in [2.75, 3.05) is 7.11 Å². The lowest BCUT2D eigenvalue weighted by molar-refractivity contribution is 0.271. The molecule has 6 nitrogen and oxygen atoms in total. The lowest BCUT2D eigenvalue weighted by Crippen LogP contribution is -2.10. The standard InChI is InChI=1S/C22H24N4O2/c1-22(2,3)17-7-11-19(12-8-17)26-25-18-9-5-16(6-10-18)14-28-21-20(27-4)13-23-15-24-21/h5-13,15H,14H2,1-4H3. The predicted octanol–water partition coefficient (Wildman–Crippen LogP) is 5.78. The molecule has 6 heteroatoms. The summed E-state index contributed by atoms with van der Waals surface area (Å²) in [6, 6.07) is 15.9. The largest absolute Gasteiger partial charge is 0.490 e. The van der Waals surface area contributed by atoms with Gasteiger partial charge in [-0.3, -0.25) is 0 Å². The molecule has 1 heterocycles. The average Bonchev–Trinajstić information content (AvgIpc) is 2.71. The fourth-order valence-electron chi connectivity index (χ4n) is 2.51. The van der Waals surface area contributed by atoms with Crippen LogP contribution in [-0.2, 0) is 12.0 Å². The number of azo groups is 1. The molecule has 0 bridgehead atoms. The Morgan fingerprint density at radius 1 is 0.893 bits per heavy atom. The van der Waals surface area contributed by atoms with Crippen LogP contribution in [0.1, 0.15) is 31.9 Å². The van der Waals surface area contributed by atoms with Crippen LogP contribution in [0.15, 0.2) is 71.3 Å². The number of ether oxygens (including phenoxy) is 2. The summed E-state index contributed by atoms with van der Waals surface area (Å²) < 4.78 is 10.9. The van der Waals surface area contributed by atoms with E-state index in [1.54, 1.807) is 13.3 Å². The van der Waals surface area contributed by atoms with Crippen molar-refractivity contribution < 1.29 is 9.47 Å². The van der Waals surface area contributed by atoms with Crippen molar-refractivity contribution in [3.63, 3.8) is 0 Å². The van der Waals surface area contributed by atoms with Crippen molar-refractivity contribution in [1.29, 1.82) is 0 Å². The van der Waals surface area contributed by atoms with Crippen LogP contribution in [0.25, 0.3) is 0 Å². The molecular weight excluding hydrogens is 352 g/mol. The number of hydrogen-bond donors (Lipinski definition) is 0. The molecule has 144 valence electrons. The quantitative estimate of drug-likeness (QED) is 0.512. The van der Waals surface area contributed by atoms with Crippen molar-refractivity contribution in [2.24, 2.45) is 10.2 Å². The Morgan fingerprint density at radius 2 is 1.50 bits per heavy atom. The molecule has 0 aliphatic carbocycles. The van der Waals surface area contributed by atoms with E-state index in [0.717, 1.165) is 16.9 Å². The van der Waals surface area contributed by atoms with E-state index in [1.165, 1.54) is 11.9 Å². The zero-order valence-electron chi connectivity index (χ0n) is 16.6. The molecule has 0 aliphatic heterocycles. The lowest BCUT2D eigenvalue weighted by Gasteiger charge is -2.18. The molecule has 0 amide bonds. The van der Waals surface area contributed by atoms with Crippen LogP contribution >= 0.6 is 0 Å². The second-order valence-corrected chi connectivity index (χ2v) is 7.35. The summed E-state index contributed by atoms with van der Waals surface area (Å²) >= 11 is 0. The van der Waals surface area contributed by atoms with Crippen molar-refractivity contribution in [2.45, 2.75) is 32.8 Å². The molecule has 0 aliphatic rings. The third-order valence-electron chi connectivity index (χ3n) is 4.19. The van der Waals surface area contributed by atoms with E-state index in [9.17, 15) is 0 Å². The first-order chi connectivity index (χ1) is 13.5. The number of benzene rings is 2. The minimum absolute atomic E-state index is 0.128. The van der Waals surface area contributed by atoms with Gasteiger partial charge in [-0.05, 0) is 40.8 Å². The molecule has 0 spiro atoms. The zero-order valence-corrected chi connectivity index (χ0v) is 16.6. The van der Waals surface area contributed by atoms with E-state index in [4.69, 9.17) is 9.47 Å². The molecule has 3 aromatic rings. The van der Waals surface area contributed by atoms with Gasteiger partial charge in [-0.2, -0.15) is 15.2 Å². The van der Waals surface area contributed by atoms with Crippen LogP contribution < -0.4 is 9.47 Å². The molecule has 0 fully saturated rings. The van der Waals surface area contributed by atoms with E-state index in [2.05, 4.69) is 53.1 Å². The maximum absolute atomic E-state index is 5.69. The Balaban J connectivity index is 1.60. The fraction of sp³-hybridized carbons (Fsp3) is 0.273. The van der Waals surface area contributed by atoms with Crippen molar-refractivity contribution >= 4 is 11.4 Å². The fourth-order valence-corrected chi connectivity index (χ4v) is 2.51. The number of methoxy groups -OCH3 is 1. The first-order valence-corrected chi connectivity index (χ1v) is 9.04. The number of rotatable bonds is 6. The molecular formula is C22H24N4O2. The highest BCUT2D eigenvalue weighted by atomic mass is 16.5. The van der Waals surface area contributed by atoms with Gasteiger partial charge >= 0.3 is 0 Å². The Hall–Kier alpha value is -3.28. The highest BCUT2D eigenvalue weighted by Gasteiger charge is 2.12. The Labute approximate surface area is 165 Å². The third kappa shape index (κ3) is 5.13. The smallest absolute Gasteiger partial charge is 0.260 e. The van der Waals surface area contributed by atoms with Gasteiger partial charge in [0.05, 0.1) is 24.7 Å². The summed E-state index contributed by atoms with van der Waals surface area (Å²) in [7, 11) is 1.56. The highest BCUT2D eigenvalue weighted by Crippen LogP contribution is 2.26. The zero-order chi connectivity index (χ0) is 20.0. The number of aromatic nitrogens is 2. The first kappa shape index (κ1) is 19.5. The SMILES string of the molecule is COc1cncnc1OCc1ccc(N=Nc2ccc(C(C)(C)C)cc2)cc1. The van der Waals surface area contributed by atoms with Gasteiger partial charge in [0.1, 0.15) is 12.9 Å². The molecule has 0 N–H and O–H groups in total. The highest BCUT2D eigenvalue weighted by molar-refractivity contribution is 5.43. The summed E-state index contributed by atoms with van der Waals surface area (Å²) in [5.41, 5.74) is 4.01. The normalized spacial score (nSPS) is 11.6. The Bertz CT molecular complexity index is 930. The molecule has 2 aromatic carbocycles. The summed E-state index contributed by atoms with van der Waals surface area (Å²) in [5.74, 6) is 0.922. The maximum atomic E-state index is 5.69. The number of nitrogens with zero attached hydrogens (tertiary/aromatic N) is 4. The topological polar surface area (TPSA) is 69.0 Å². The molecule has 1 aromatic heterocycles. The van der Waals surface area contributed by atoms with Crippen LogP contribution in [0.5, 0.6) is 11.6 Å². The van der Waals surface area contributed by atoms with Gasteiger partial charge in [-0.1, -0.05) is 45.0 Å². The van der Waals surface area contributed by atoms with Crippen LogP contribution in [-0.4, -0.2) is 17.1 Å². The lowest BCUT2D eigenvalue weighted by atomic mass is 9.87. The minimum atomic E-state index is 0.128. The summed E-state index contributed by atoms with van der Waals surface area (Å²) in [6.45, 7) is 6.94. The van der Waals surface area contributed by atoms with E-state index >= 15 is 0 Å². The summed E-state index contributed by atoms with van der Waals surface area (Å²) in [5, 5.41) is 8.60. The second kappa shape index (κ2) is 8.61. The minimum Gasteiger partial charge on any atom is -0.490 e. The summed E-state index contributed by atoms with van der Waals surface area (Å²) in [6.07, 6.45) is 3.00. The van der Waals surface area contributed by atoms with Crippen molar-refractivity contribution in [1.82, 2.24) is 9.97 Å². The maximum Gasteiger partial charge on any atom is 0.260 e. The average molecular weight is 376 g/mol. The molecule has 0 atom stereocenters. The number of hydrogen-bond acceptors (Lipinski definition) is 6. The van der Waals surface area contributed by atoms with Gasteiger partial charge in [0, 0.05) is 0 Å². The molecule has 3 rings (SSSR count). The first-order valence-electron chi connectivity index (χ1n) is 9.04. The predicted molar refractivity (Wildman–Crippen MR) is 109 cm³/mol. The van der Waals surface area contributed by atoms with Crippen LogP contribution in [0.3, 0.4) is 0 Å². The second-order valence-electron chi connectivity index (χ2n) is 7.35. The van der Waals surface area contributed by atoms with Crippen molar-refractivity contribution in [3.8, 4) is 11.6 Å². The Morgan fingerprint density at radius 3 is 2.07 bits per heavy atom. The molecule has 0 radical (unpaired) electrons. The van der Waals surface area contributed by atoms with E-state index in [0.29, 0.717) is 18.2 Å². The van der Waals surface area contributed by atoms with Gasteiger partial charge in [-0.25, -0.2) is 4.98 Å². The molecule has 0 saturated heterocycles. The van der Waals surface area contributed by atoms with Gasteiger partial charge < -0.3 is 9.47 Å². The molecule has 28 heavy (non-hydrogen) atoms. The molecule has 0 unspecified atom stereocenters. The van der Waals surface area contributed by atoms with Gasteiger partial charge in [0.15, 0.2) is 5.75 Å². The van der Waals surface area contributed by atoms with E-state index in [1.807, 2.05) is 36.4 Å². The molecule has 0 saturated carbocycles. The van der Waals surface area contributed by atoms with Crippen molar-refractivity contribution in [3.05, 3.63) is 72.2 Å². The summed E-state index contributed by atoms with van der Waals surface area (Å²) in [4.78, 5) is 7.98. The van der Waals surface area contributed by atoms with E-state index in [-0.39, 0.29) is 5.41 Å². The van der Waals surface area contributed by atoms with E-state index < -0.39 is 0 Å². The van der Waals surface area contributed by atoms with Gasteiger partial charge in [0.2, 0.25) is 0 Å². The van der Waals surface area contributed by atoms with Crippen LogP contribution in [0, 0.1) is 0 Å².